The van der Waals surface area contributed by atoms with E-state index in [1.165, 1.54) is 0 Å². The lowest BCUT2D eigenvalue weighted by Gasteiger charge is -2.34. The molecule has 1 saturated heterocycles. The molecular weight excluding hydrogens is 251 g/mol. The standard InChI is InChI=1S/C10H10Cl2N2O2/c11-9-10(12)14-6-4-8-7(3-5(6)13-9)15-1-2-16-8/h3-4,7-8,13-14H,1-2H2/t7-,8-/m0/s1. The summed E-state index contributed by atoms with van der Waals surface area (Å²) in [6.07, 6.45) is 3.81. The number of hydrogen-bond acceptors (Lipinski definition) is 4. The largest absolute Gasteiger partial charge is 0.369 e. The van der Waals surface area contributed by atoms with Gasteiger partial charge < -0.3 is 20.1 Å². The second-order valence-electron chi connectivity index (χ2n) is 3.71. The Morgan fingerprint density at radius 2 is 1.38 bits per heavy atom. The summed E-state index contributed by atoms with van der Waals surface area (Å²) in [4.78, 5) is 0. The van der Waals surface area contributed by atoms with Crippen LogP contribution in [0.3, 0.4) is 0 Å². The Bertz CT molecular complexity index is 379. The van der Waals surface area contributed by atoms with Crippen LogP contribution in [0.15, 0.2) is 33.9 Å². The number of halogens is 2. The maximum absolute atomic E-state index is 5.90. The van der Waals surface area contributed by atoms with E-state index in [0.29, 0.717) is 23.5 Å². The summed E-state index contributed by atoms with van der Waals surface area (Å²) in [5, 5.41) is 6.80. The van der Waals surface area contributed by atoms with Crippen molar-refractivity contribution in [2.24, 2.45) is 0 Å². The fourth-order valence-electron chi connectivity index (χ4n) is 1.92. The predicted molar refractivity (Wildman–Crippen MR) is 60.6 cm³/mol. The summed E-state index contributed by atoms with van der Waals surface area (Å²) in [6, 6.07) is 0. The average molecular weight is 261 g/mol. The smallest absolute Gasteiger partial charge is 0.142 e. The Hall–Kier alpha value is -0.680. The van der Waals surface area contributed by atoms with Crippen molar-refractivity contribution in [2.45, 2.75) is 12.2 Å². The molecule has 2 aliphatic heterocycles. The van der Waals surface area contributed by atoms with Crippen LogP contribution >= 0.6 is 23.2 Å². The summed E-state index contributed by atoms with van der Waals surface area (Å²) in [6.45, 7) is 1.23. The summed E-state index contributed by atoms with van der Waals surface area (Å²) in [7, 11) is 0. The van der Waals surface area contributed by atoms with E-state index < -0.39 is 0 Å². The molecule has 16 heavy (non-hydrogen) atoms. The van der Waals surface area contributed by atoms with Crippen LogP contribution in [0, 0.1) is 0 Å². The number of fused-ring (bicyclic) bond motifs is 2. The minimum Gasteiger partial charge on any atom is -0.369 e. The first-order valence-corrected chi connectivity index (χ1v) is 5.76. The Morgan fingerprint density at radius 3 is 1.81 bits per heavy atom. The van der Waals surface area contributed by atoms with Gasteiger partial charge in [0.05, 0.1) is 24.6 Å². The van der Waals surface area contributed by atoms with E-state index in [9.17, 15) is 0 Å². The highest BCUT2D eigenvalue weighted by Gasteiger charge is 2.31. The van der Waals surface area contributed by atoms with Gasteiger partial charge in [-0.25, -0.2) is 0 Å². The van der Waals surface area contributed by atoms with Gasteiger partial charge in [-0.2, -0.15) is 0 Å². The fourth-order valence-corrected chi connectivity index (χ4v) is 2.21. The van der Waals surface area contributed by atoms with Crippen LogP contribution in [0.25, 0.3) is 0 Å². The molecule has 2 atom stereocenters. The summed E-state index contributed by atoms with van der Waals surface area (Å²) < 4.78 is 11.2. The number of hydrogen-bond donors (Lipinski definition) is 2. The molecule has 0 bridgehead atoms. The van der Waals surface area contributed by atoms with Gasteiger partial charge in [-0.1, -0.05) is 23.2 Å². The number of nitrogens with one attached hydrogen (secondary N) is 2. The van der Waals surface area contributed by atoms with E-state index in [2.05, 4.69) is 10.6 Å². The first-order valence-electron chi connectivity index (χ1n) is 5.00. The van der Waals surface area contributed by atoms with Crippen molar-refractivity contribution < 1.29 is 9.47 Å². The van der Waals surface area contributed by atoms with Gasteiger partial charge in [-0.05, 0) is 12.2 Å². The molecule has 0 amide bonds. The number of ether oxygens (including phenoxy) is 2. The van der Waals surface area contributed by atoms with Crippen molar-refractivity contribution in [1.29, 1.82) is 0 Å². The second kappa shape index (κ2) is 3.96. The third-order valence-electron chi connectivity index (χ3n) is 2.66. The van der Waals surface area contributed by atoms with Gasteiger partial charge in [0.2, 0.25) is 0 Å². The molecule has 0 saturated carbocycles. The van der Waals surface area contributed by atoms with Gasteiger partial charge in [0, 0.05) is 0 Å². The Labute approximate surface area is 103 Å². The molecule has 6 heteroatoms. The topological polar surface area (TPSA) is 42.5 Å². The summed E-state index contributed by atoms with van der Waals surface area (Å²) in [5.41, 5.74) is 1.75. The third kappa shape index (κ3) is 1.72. The van der Waals surface area contributed by atoms with Gasteiger partial charge in [0.15, 0.2) is 0 Å². The molecule has 86 valence electrons. The molecule has 3 aliphatic rings. The third-order valence-corrected chi connectivity index (χ3v) is 3.32. The highest BCUT2D eigenvalue weighted by molar-refractivity contribution is 6.39. The fraction of sp³-hybridized carbons (Fsp3) is 0.400. The van der Waals surface area contributed by atoms with Crippen molar-refractivity contribution in [3.8, 4) is 0 Å². The summed E-state index contributed by atoms with van der Waals surface area (Å²) in [5.74, 6) is 0. The molecule has 1 fully saturated rings. The highest BCUT2D eigenvalue weighted by atomic mass is 35.5. The lowest BCUT2D eigenvalue weighted by molar-refractivity contribution is -0.103. The summed E-state index contributed by atoms with van der Waals surface area (Å²) >= 11 is 11.8. The Balaban J connectivity index is 1.92. The van der Waals surface area contributed by atoms with Crippen LogP contribution in [-0.4, -0.2) is 25.4 Å². The zero-order chi connectivity index (χ0) is 11.1. The molecule has 0 spiro atoms. The van der Waals surface area contributed by atoms with E-state index >= 15 is 0 Å². The number of rotatable bonds is 0. The Kier molecular flexibility index (Phi) is 2.59. The molecule has 4 nitrogen and oxygen atoms in total. The van der Waals surface area contributed by atoms with Crippen LogP contribution in [0.1, 0.15) is 0 Å². The zero-order valence-electron chi connectivity index (χ0n) is 8.30. The van der Waals surface area contributed by atoms with E-state index in [1.807, 2.05) is 12.2 Å². The first-order chi connectivity index (χ1) is 7.74. The average Bonchev–Trinajstić information content (AvgIpc) is 2.28. The van der Waals surface area contributed by atoms with Crippen LogP contribution in [0.4, 0.5) is 0 Å². The van der Waals surface area contributed by atoms with Gasteiger partial charge in [-0.15, -0.1) is 0 Å². The van der Waals surface area contributed by atoms with E-state index in [1.54, 1.807) is 0 Å². The monoisotopic (exact) mass is 260 g/mol. The molecule has 3 rings (SSSR count). The maximum atomic E-state index is 5.90. The van der Waals surface area contributed by atoms with Crippen molar-refractivity contribution in [2.75, 3.05) is 13.2 Å². The molecule has 2 heterocycles. The molecule has 0 aromatic carbocycles. The molecule has 0 radical (unpaired) electrons. The van der Waals surface area contributed by atoms with Gasteiger partial charge in [-0.3, -0.25) is 0 Å². The van der Waals surface area contributed by atoms with E-state index in [4.69, 9.17) is 32.7 Å². The van der Waals surface area contributed by atoms with Crippen LogP contribution in [0.5, 0.6) is 0 Å². The molecule has 0 aromatic heterocycles. The van der Waals surface area contributed by atoms with Crippen molar-refractivity contribution in [3.63, 3.8) is 0 Å². The molecule has 1 aliphatic carbocycles. The van der Waals surface area contributed by atoms with Gasteiger partial charge >= 0.3 is 0 Å². The van der Waals surface area contributed by atoms with Gasteiger partial charge in [0.1, 0.15) is 22.5 Å². The SMILES string of the molecule is ClC1=C(Cl)NC2=C[C@@H]3OCCO[C@H]3C=C2N1. The quantitative estimate of drug-likeness (QED) is 0.646. The minimum atomic E-state index is -0.0526. The van der Waals surface area contributed by atoms with Crippen molar-refractivity contribution in [1.82, 2.24) is 10.6 Å². The maximum Gasteiger partial charge on any atom is 0.142 e. The lowest BCUT2D eigenvalue weighted by Crippen LogP contribution is -2.42. The minimum absolute atomic E-state index is 0.0526. The van der Waals surface area contributed by atoms with Crippen molar-refractivity contribution in [3.05, 3.63) is 33.9 Å². The molecular formula is C10H10Cl2N2O2. The van der Waals surface area contributed by atoms with Gasteiger partial charge in [0.25, 0.3) is 0 Å². The van der Waals surface area contributed by atoms with E-state index in [-0.39, 0.29) is 12.2 Å². The zero-order valence-corrected chi connectivity index (χ0v) is 9.81. The van der Waals surface area contributed by atoms with Crippen LogP contribution < -0.4 is 10.6 Å². The Morgan fingerprint density at radius 1 is 0.938 bits per heavy atom. The first kappa shape index (κ1) is 10.5. The predicted octanol–water partition coefficient (Wildman–Crippen LogP) is 1.35. The van der Waals surface area contributed by atoms with Crippen LogP contribution in [0.2, 0.25) is 0 Å². The lowest BCUT2D eigenvalue weighted by atomic mass is 10.0. The second-order valence-corrected chi connectivity index (χ2v) is 4.47. The highest BCUT2D eigenvalue weighted by Crippen LogP contribution is 2.28. The molecule has 0 aromatic rings. The van der Waals surface area contributed by atoms with E-state index in [0.717, 1.165) is 11.4 Å². The van der Waals surface area contributed by atoms with Crippen molar-refractivity contribution >= 4 is 23.2 Å². The normalized spacial score (nSPS) is 32.9. The van der Waals surface area contributed by atoms with Crippen LogP contribution in [-0.2, 0) is 9.47 Å². The molecule has 2 N–H and O–H groups in total. The molecule has 0 unspecified atom stereocenters.